The molecule has 0 aromatic heterocycles. The van der Waals surface area contributed by atoms with Crippen LogP contribution in [0.25, 0.3) is 0 Å². The Bertz CT molecular complexity index is 810. The molecular weight excluding hydrogens is 312 g/mol. The second kappa shape index (κ2) is 7.31. The summed E-state index contributed by atoms with van der Waals surface area (Å²) in [5.74, 6) is 3.21. The molecule has 2 aromatic carbocycles. The first-order chi connectivity index (χ1) is 12.2. The SMILES string of the molecule is C#CCOc1ccccc1[C@H]1Nc2ccccc2C(=O)N1[C@@H](C)CC. The molecule has 4 heteroatoms. The van der Waals surface area contributed by atoms with Gasteiger partial charge in [-0.3, -0.25) is 4.79 Å². The van der Waals surface area contributed by atoms with Crippen molar-refractivity contribution >= 4 is 11.6 Å². The molecule has 4 nitrogen and oxygen atoms in total. The van der Waals surface area contributed by atoms with Crippen molar-refractivity contribution in [1.82, 2.24) is 4.90 Å². The molecule has 1 heterocycles. The molecule has 0 radical (unpaired) electrons. The van der Waals surface area contributed by atoms with E-state index in [4.69, 9.17) is 11.2 Å². The lowest BCUT2D eigenvalue weighted by atomic mass is 10.0. The smallest absolute Gasteiger partial charge is 0.258 e. The van der Waals surface area contributed by atoms with Gasteiger partial charge in [0.15, 0.2) is 0 Å². The third-order valence-corrected chi connectivity index (χ3v) is 4.55. The van der Waals surface area contributed by atoms with Gasteiger partial charge in [0, 0.05) is 17.3 Å². The van der Waals surface area contributed by atoms with E-state index in [0.29, 0.717) is 11.3 Å². The predicted molar refractivity (Wildman–Crippen MR) is 99.5 cm³/mol. The first-order valence-electron chi connectivity index (χ1n) is 8.50. The third-order valence-electron chi connectivity index (χ3n) is 4.55. The molecule has 1 amide bonds. The summed E-state index contributed by atoms with van der Waals surface area (Å²) >= 11 is 0. The zero-order valence-electron chi connectivity index (χ0n) is 14.5. The van der Waals surface area contributed by atoms with Crippen molar-refractivity contribution in [3.63, 3.8) is 0 Å². The molecule has 0 spiro atoms. The molecule has 2 aromatic rings. The summed E-state index contributed by atoms with van der Waals surface area (Å²) in [6, 6.07) is 15.4. The van der Waals surface area contributed by atoms with Crippen molar-refractivity contribution in [3.05, 3.63) is 59.7 Å². The minimum Gasteiger partial charge on any atom is -0.481 e. The number of hydrogen-bond donors (Lipinski definition) is 1. The van der Waals surface area contributed by atoms with Gasteiger partial charge in [0.2, 0.25) is 0 Å². The lowest BCUT2D eigenvalue weighted by Crippen LogP contribution is -2.47. The van der Waals surface area contributed by atoms with E-state index < -0.39 is 0 Å². The summed E-state index contributed by atoms with van der Waals surface area (Å²) in [4.78, 5) is 15.0. The van der Waals surface area contributed by atoms with Crippen LogP contribution in [-0.4, -0.2) is 23.5 Å². The lowest BCUT2D eigenvalue weighted by molar-refractivity contribution is 0.0591. The van der Waals surface area contributed by atoms with E-state index >= 15 is 0 Å². The molecule has 1 aliphatic heterocycles. The minimum absolute atomic E-state index is 0.0282. The van der Waals surface area contributed by atoms with Crippen LogP contribution in [0.1, 0.15) is 42.4 Å². The molecule has 128 valence electrons. The molecule has 2 atom stereocenters. The number of benzene rings is 2. The lowest BCUT2D eigenvalue weighted by Gasteiger charge is -2.41. The topological polar surface area (TPSA) is 41.6 Å². The number of hydrogen-bond acceptors (Lipinski definition) is 3. The fourth-order valence-electron chi connectivity index (χ4n) is 3.10. The highest BCUT2D eigenvalue weighted by Crippen LogP contribution is 2.38. The number of nitrogens with zero attached hydrogens (tertiary/aromatic N) is 1. The summed E-state index contributed by atoms with van der Waals surface area (Å²) in [7, 11) is 0. The Balaban J connectivity index is 2.07. The molecule has 0 bridgehead atoms. The summed E-state index contributed by atoms with van der Waals surface area (Å²) in [6.07, 6.45) is 5.89. The first-order valence-corrected chi connectivity index (χ1v) is 8.50. The van der Waals surface area contributed by atoms with Crippen LogP contribution < -0.4 is 10.1 Å². The van der Waals surface area contributed by atoms with Crippen LogP contribution in [0.3, 0.4) is 0 Å². The van der Waals surface area contributed by atoms with Gasteiger partial charge in [0.25, 0.3) is 5.91 Å². The maximum atomic E-state index is 13.1. The van der Waals surface area contributed by atoms with Gasteiger partial charge >= 0.3 is 0 Å². The van der Waals surface area contributed by atoms with E-state index in [1.165, 1.54) is 0 Å². The predicted octanol–water partition coefficient (Wildman–Crippen LogP) is 4.06. The number of ether oxygens (including phenoxy) is 1. The number of anilines is 1. The van der Waals surface area contributed by atoms with Crippen LogP contribution in [0.2, 0.25) is 0 Å². The van der Waals surface area contributed by atoms with E-state index in [-0.39, 0.29) is 24.7 Å². The average molecular weight is 334 g/mol. The van der Waals surface area contributed by atoms with Gasteiger partial charge in [-0.1, -0.05) is 43.2 Å². The number of carbonyl (C=O) groups excluding carboxylic acids is 1. The number of fused-ring (bicyclic) bond motifs is 1. The van der Waals surface area contributed by atoms with Gasteiger partial charge in [0.05, 0.1) is 5.56 Å². The van der Waals surface area contributed by atoms with Crippen LogP contribution in [0.15, 0.2) is 48.5 Å². The van der Waals surface area contributed by atoms with Crippen molar-refractivity contribution in [2.24, 2.45) is 0 Å². The number of terminal acetylenes is 1. The maximum absolute atomic E-state index is 13.1. The van der Waals surface area contributed by atoms with Gasteiger partial charge in [-0.2, -0.15) is 0 Å². The number of carbonyl (C=O) groups is 1. The molecule has 1 N–H and O–H groups in total. The van der Waals surface area contributed by atoms with E-state index in [1.54, 1.807) is 0 Å². The Morgan fingerprint density at radius 3 is 2.72 bits per heavy atom. The normalized spacial score (nSPS) is 17.2. The Morgan fingerprint density at radius 1 is 1.24 bits per heavy atom. The molecule has 25 heavy (non-hydrogen) atoms. The summed E-state index contributed by atoms with van der Waals surface area (Å²) in [5, 5.41) is 3.50. The Hall–Kier alpha value is -2.93. The average Bonchev–Trinajstić information content (AvgIpc) is 2.66. The second-order valence-electron chi connectivity index (χ2n) is 6.09. The van der Waals surface area contributed by atoms with Crippen LogP contribution in [-0.2, 0) is 0 Å². The fourth-order valence-corrected chi connectivity index (χ4v) is 3.10. The molecule has 0 saturated heterocycles. The Kier molecular flexibility index (Phi) is 4.95. The summed E-state index contributed by atoms with van der Waals surface area (Å²) in [6.45, 7) is 4.33. The van der Waals surface area contributed by atoms with Crippen molar-refractivity contribution in [2.45, 2.75) is 32.5 Å². The van der Waals surface area contributed by atoms with Crippen LogP contribution in [0, 0.1) is 12.3 Å². The van der Waals surface area contributed by atoms with Crippen LogP contribution >= 0.6 is 0 Å². The largest absolute Gasteiger partial charge is 0.481 e. The van der Waals surface area contributed by atoms with E-state index in [1.807, 2.05) is 53.4 Å². The highest BCUT2D eigenvalue weighted by atomic mass is 16.5. The van der Waals surface area contributed by atoms with E-state index in [2.05, 4.69) is 25.1 Å². The zero-order valence-corrected chi connectivity index (χ0v) is 14.5. The number of amides is 1. The Morgan fingerprint density at radius 2 is 1.96 bits per heavy atom. The van der Waals surface area contributed by atoms with Crippen molar-refractivity contribution in [2.75, 3.05) is 11.9 Å². The van der Waals surface area contributed by atoms with Crippen molar-refractivity contribution < 1.29 is 9.53 Å². The number of para-hydroxylation sites is 2. The Labute approximate surface area is 148 Å². The minimum atomic E-state index is -0.300. The number of rotatable bonds is 5. The van der Waals surface area contributed by atoms with Gasteiger partial charge in [0.1, 0.15) is 18.5 Å². The summed E-state index contributed by atoms with van der Waals surface area (Å²) in [5.41, 5.74) is 2.44. The molecule has 1 aliphatic rings. The number of nitrogens with one attached hydrogen (secondary N) is 1. The first kappa shape index (κ1) is 16.9. The molecule has 0 fully saturated rings. The highest BCUT2D eigenvalue weighted by Gasteiger charge is 2.36. The van der Waals surface area contributed by atoms with Gasteiger partial charge in [-0.25, -0.2) is 0 Å². The fraction of sp³-hybridized carbons (Fsp3) is 0.286. The van der Waals surface area contributed by atoms with E-state index in [0.717, 1.165) is 17.7 Å². The molecule has 0 unspecified atom stereocenters. The third kappa shape index (κ3) is 3.18. The quantitative estimate of drug-likeness (QED) is 0.838. The van der Waals surface area contributed by atoms with Crippen LogP contribution in [0.4, 0.5) is 5.69 Å². The summed E-state index contributed by atoms with van der Waals surface area (Å²) < 4.78 is 5.71. The molecular formula is C21H22N2O2. The zero-order chi connectivity index (χ0) is 17.8. The highest BCUT2D eigenvalue weighted by molar-refractivity contribution is 6.02. The van der Waals surface area contributed by atoms with Crippen molar-refractivity contribution in [3.8, 4) is 18.1 Å². The van der Waals surface area contributed by atoms with Gasteiger partial charge in [-0.05, 0) is 31.5 Å². The van der Waals surface area contributed by atoms with Gasteiger partial charge in [-0.15, -0.1) is 6.42 Å². The molecule has 0 saturated carbocycles. The standard InChI is InChI=1S/C21H22N2O2/c1-4-14-25-19-13-9-7-11-17(19)20-22-18-12-8-6-10-16(18)21(24)23(20)15(3)5-2/h1,6-13,15,20,22H,5,14H2,2-3H3/t15-,20-/m0/s1. The van der Waals surface area contributed by atoms with Crippen LogP contribution in [0.5, 0.6) is 5.75 Å². The molecule has 3 rings (SSSR count). The second-order valence-corrected chi connectivity index (χ2v) is 6.09. The van der Waals surface area contributed by atoms with Crippen molar-refractivity contribution in [1.29, 1.82) is 0 Å². The van der Waals surface area contributed by atoms with E-state index in [9.17, 15) is 4.79 Å². The van der Waals surface area contributed by atoms with Gasteiger partial charge < -0.3 is 15.0 Å². The monoisotopic (exact) mass is 334 g/mol. The maximum Gasteiger partial charge on any atom is 0.258 e. The molecule has 0 aliphatic carbocycles.